The first kappa shape index (κ1) is 24.5. The fourth-order valence-corrected chi connectivity index (χ4v) is 3.69. The molecule has 0 fully saturated rings. The molecule has 0 heterocycles. The smallest absolute Gasteiger partial charge is 0.347 e. The molecule has 3 heteroatoms. The Labute approximate surface area is 172 Å². The molecule has 1 unspecified atom stereocenters. The average Bonchev–Trinajstić information content (AvgIpc) is 2.67. The second-order valence-electron chi connectivity index (χ2n) is 8.53. The molecular weight excluding hydrogens is 348 g/mol. The fraction of sp³-hybridized carbons (Fsp3) is 0.720. The predicted octanol–water partition coefficient (Wildman–Crippen LogP) is 7.73. The molecule has 0 aliphatic rings. The number of carboxylic acid groups (broad SMARTS) is 1. The van der Waals surface area contributed by atoms with Crippen LogP contribution in [0.1, 0.15) is 116 Å². The van der Waals surface area contributed by atoms with E-state index in [0.29, 0.717) is 11.7 Å². The number of hydrogen-bond donors (Lipinski definition) is 1. The molecule has 1 aromatic carbocycles. The van der Waals surface area contributed by atoms with Crippen LogP contribution in [0, 0.1) is 0 Å². The molecule has 0 saturated carbocycles. The standard InChI is InChI=1S/C25H42O3/c1-5-7-8-9-10-11-12-13-14-15-18-21(6-2)22-19-16-17-20-23(22)28-25(3,4)24(26)27/h16-17,19-21H,5-15,18H2,1-4H3,(H,26,27). The van der Waals surface area contributed by atoms with Crippen molar-refractivity contribution in [2.24, 2.45) is 0 Å². The van der Waals surface area contributed by atoms with Gasteiger partial charge in [0, 0.05) is 0 Å². The van der Waals surface area contributed by atoms with E-state index in [1.54, 1.807) is 13.8 Å². The highest BCUT2D eigenvalue weighted by Crippen LogP contribution is 2.34. The van der Waals surface area contributed by atoms with Crippen LogP contribution in [-0.4, -0.2) is 16.7 Å². The molecule has 0 aromatic heterocycles. The molecule has 0 amide bonds. The number of carboxylic acids is 1. The summed E-state index contributed by atoms with van der Waals surface area (Å²) in [6.45, 7) is 7.69. The zero-order valence-electron chi connectivity index (χ0n) is 18.6. The van der Waals surface area contributed by atoms with E-state index in [-0.39, 0.29) is 0 Å². The van der Waals surface area contributed by atoms with Crippen LogP contribution in [0.25, 0.3) is 0 Å². The molecule has 1 aromatic rings. The van der Waals surface area contributed by atoms with Gasteiger partial charge in [-0.2, -0.15) is 0 Å². The number of aliphatic carboxylic acids is 1. The molecule has 0 radical (unpaired) electrons. The van der Waals surface area contributed by atoms with E-state index in [2.05, 4.69) is 19.9 Å². The third-order valence-electron chi connectivity index (χ3n) is 5.64. The van der Waals surface area contributed by atoms with Crippen LogP contribution in [0.5, 0.6) is 5.75 Å². The summed E-state index contributed by atoms with van der Waals surface area (Å²) >= 11 is 0. The highest BCUT2D eigenvalue weighted by molar-refractivity contribution is 5.76. The summed E-state index contributed by atoms with van der Waals surface area (Å²) < 4.78 is 5.88. The highest BCUT2D eigenvalue weighted by atomic mass is 16.5. The molecule has 0 spiro atoms. The van der Waals surface area contributed by atoms with E-state index >= 15 is 0 Å². The van der Waals surface area contributed by atoms with E-state index in [4.69, 9.17) is 4.74 Å². The van der Waals surface area contributed by atoms with Crippen LogP contribution in [0.2, 0.25) is 0 Å². The van der Waals surface area contributed by atoms with Crippen molar-refractivity contribution in [2.75, 3.05) is 0 Å². The van der Waals surface area contributed by atoms with Crippen LogP contribution in [-0.2, 0) is 4.79 Å². The van der Waals surface area contributed by atoms with E-state index in [0.717, 1.165) is 18.4 Å². The van der Waals surface area contributed by atoms with Gasteiger partial charge in [0.25, 0.3) is 0 Å². The highest BCUT2D eigenvalue weighted by Gasteiger charge is 2.30. The Morgan fingerprint density at radius 2 is 1.46 bits per heavy atom. The minimum absolute atomic E-state index is 0.426. The van der Waals surface area contributed by atoms with E-state index < -0.39 is 11.6 Å². The fourth-order valence-electron chi connectivity index (χ4n) is 3.69. The Balaban J connectivity index is 2.42. The first-order chi connectivity index (χ1) is 13.4. The van der Waals surface area contributed by atoms with Crippen LogP contribution in [0.15, 0.2) is 24.3 Å². The maximum Gasteiger partial charge on any atom is 0.347 e. The molecule has 28 heavy (non-hydrogen) atoms. The number of benzene rings is 1. The van der Waals surface area contributed by atoms with Gasteiger partial charge in [-0.1, -0.05) is 96.3 Å². The largest absolute Gasteiger partial charge is 0.478 e. The first-order valence-corrected chi connectivity index (χ1v) is 11.4. The van der Waals surface area contributed by atoms with Gasteiger partial charge in [0.05, 0.1) is 0 Å². The van der Waals surface area contributed by atoms with Crippen LogP contribution >= 0.6 is 0 Å². The first-order valence-electron chi connectivity index (χ1n) is 11.4. The summed E-state index contributed by atoms with van der Waals surface area (Å²) in [4.78, 5) is 11.4. The topological polar surface area (TPSA) is 46.5 Å². The lowest BCUT2D eigenvalue weighted by Crippen LogP contribution is -2.38. The van der Waals surface area contributed by atoms with Gasteiger partial charge in [-0.05, 0) is 44.2 Å². The lowest BCUT2D eigenvalue weighted by Gasteiger charge is -2.26. The van der Waals surface area contributed by atoms with Crippen molar-refractivity contribution in [3.63, 3.8) is 0 Å². The molecule has 1 N–H and O–H groups in total. The SMILES string of the molecule is CCCCCCCCCCCCC(CC)c1ccccc1OC(C)(C)C(=O)O. The third kappa shape index (κ3) is 9.12. The number of rotatable bonds is 16. The van der Waals surface area contributed by atoms with Gasteiger partial charge in [-0.25, -0.2) is 4.79 Å². The zero-order chi connectivity index (χ0) is 20.8. The lowest BCUT2D eigenvalue weighted by atomic mass is 9.90. The Hall–Kier alpha value is -1.51. The minimum Gasteiger partial charge on any atom is -0.478 e. The van der Waals surface area contributed by atoms with Crippen molar-refractivity contribution in [3.05, 3.63) is 29.8 Å². The van der Waals surface area contributed by atoms with Gasteiger partial charge in [0.1, 0.15) is 5.75 Å². The molecule has 1 rings (SSSR count). The summed E-state index contributed by atoms with van der Waals surface area (Å²) in [5.41, 5.74) is -0.0684. The quantitative estimate of drug-likeness (QED) is 0.294. The summed E-state index contributed by atoms with van der Waals surface area (Å²) in [6, 6.07) is 7.94. The van der Waals surface area contributed by atoms with Crippen molar-refractivity contribution in [2.45, 2.75) is 116 Å². The number of unbranched alkanes of at least 4 members (excludes halogenated alkanes) is 9. The Morgan fingerprint density at radius 3 is 2.00 bits per heavy atom. The summed E-state index contributed by atoms with van der Waals surface area (Å²) in [5, 5.41) is 9.37. The number of hydrogen-bond acceptors (Lipinski definition) is 2. The molecule has 0 saturated heterocycles. The average molecular weight is 391 g/mol. The molecule has 0 aliphatic heterocycles. The summed E-state index contributed by atoms with van der Waals surface area (Å²) in [7, 11) is 0. The molecule has 0 aliphatic carbocycles. The second-order valence-corrected chi connectivity index (χ2v) is 8.53. The monoisotopic (exact) mass is 390 g/mol. The summed E-state index contributed by atoms with van der Waals surface area (Å²) in [6.07, 6.45) is 15.7. The van der Waals surface area contributed by atoms with Crippen molar-refractivity contribution in [1.82, 2.24) is 0 Å². The van der Waals surface area contributed by atoms with E-state index in [9.17, 15) is 9.90 Å². The number of carbonyl (C=O) groups is 1. The molecule has 0 bridgehead atoms. The van der Waals surface area contributed by atoms with Gasteiger partial charge in [-0.3, -0.25) is 0 Å². The maximum atomic E-state index is 11.4. The van der Waals surface area contributed by atoms with E-state index in [1.807, 2.05) is 18.2 Å². The predicted molar refractivity (Wildman–Crippen MR) is 118 cm³/mol. The zero-order valence-corrected chi connectivity index (χ0v) is 18.6. The van der Waals surface area contributed by atoms with Crippen LogP contribution < -0.4 is 4.74 Å². The molecule has 3 nitrogen and oxygen atoms in total. The van der Waals surface area contributed by atoms with Gasteiger partial charge in [-0.15, -0.1) is 0 Å². The van der Waals surface area contributed by atoms with Crippen LogP contribution in [0.3, 0.4) is 0 Å². The second kappa shape index (κ2) is 13.6. The van der Waals surface area contributed by atoms with Crippen molar-refractivity contribution >= 4 is 5.97 Å². The van der Waals surface area contributed by atoms with Gasteiger partial charge in [0.15, 0.2) is 5.60 Å². The third-order valence-corrected chi connectivity index (χ3v) is 5.64. The Bertz CT molecular complexity index is 550. The van der Waals surface area contributed by atoms with Gasteiger partial charge < -0.3 is 9.84 Å². The maximum absolute atomic E-state index is 11.4. The van der Waals surface area contributed by atoms with Crippen LogP contribution in [0.4, 0.5) is 0 Å². The van der Waals surface area contributed by atoms with Crippen molar-refractivity contribution in [3.8, 4) is 5.75 Å². The number of ether oxygens (including phenoxy) is 1. The minimum atomic E-state index is -1.22. The molecule has 1 atom stereocenters. The Morgan fingerprint density at radius 1 is 0.929 bits per heavy atom. The van der Waals surface area contributed by atoms with E-state index in [1.165, 1.54) is 64.2 Å². The lowest BCUT2D eigenvalue weighted by molar-refractivity contribution is -0.152. The van der Waals surface area contributed by atoms with Crippen molar-refractivity contribution in [1.29, 1.82) is 0 Å². The van der Waals surface area contributed by atoms with Crippen molar-refractivity contribution < 1.29 is 14.6 Å². The molecule has 160 valence electrons. The molecular formula is C25H42O3. The summed E-state index contributed by atoms with van der Waals surface area (Å²) in [5.74, 6) is 0.203. The normalized spacial score (nSPS) is 12.7. The Kier molecular flexibility index (Phi) is 11.9. The number of para-hydroxylation sites is 1. The van der Waals surface area contributed by atoms with Gasteiger partial charge >= 0.3 is 5.97 Å². The van der Waals surface area contributed by atoms with Gasteiger partial charge in [0.2, 0.25) is 0 Å².